The zero-order chi connectivity index (χ0) is 13.9. The predicted molar refractivity (Wildman–Crippen MR) is 79.2 cm³/mol. The molecule has 3 nitrogen and oxygen atoms in total. The molecule has 3 aromatic rings. The fourth-order valence-electron chi connectivity index (χ4n) is 2.22. The Morgan fingerprint density at radius 2 is 1.80 bits per heavy atom. The van der Waals surface area contributed by atoms with Crippen LogP contribution in [0.15, 0.2) is 54.6 Å². The number of para-hydroxylation sites is 1. The maximum atomic E-state index is 9.85. The molecule has 0 saturated heterocycles. The number of pyridine rings is 1. The molecule has 0 saturated carbocycles. The van der Waals surface area contributed by atoms with Crippen LogP contribution in [-0.2, 0) is 6.42 Å². The van der Waals surface area contributed by atoms with Gasteiger partial charge in [-0.15, -0.1) is 0 Å². The average molecular weight is 265 g/mol. The fourth-order valence-corrected chi connectivity index (χ4v) is 2.22. The highest BCUT2D eigenvalue weighted by Crippen LogP contribution is 2.23. The quantitative estimate of drug-likeness (QED) is 0.787. The maximum absolute atomic E-state index is 9.85. The summed E-state index contributed by atoms with van der Waals surface area (Å²) in [6.45, 7) is 0. The van der Waals surface area contributed by atoms with Crippen LogP contribution in [0.4, 0.5) is 0 Å². The summed E-state index contributed by atoms with van der Waals surface area (Å²) in [5.41, 5.74) is 2.75. The number of fused-ring (bicyclic) bond motifs is 1. The zero-order valence-corrected chi connectivity index (χ0v) is 11.2. The Morgan fingerprint density at radius 3 is 2.55 bits per heavy atom. The first-order valence-corrected chi connectivity index (χ1v) is 6.47. The van der Waals surface area contributed by atoms with E-state index in [1.165, 1.54) is 0 Å². The summed E-state index contributed by atoms with van der Waals surface area (Å²) in [7, 11) is 1.66. The molecule has 0 aliphatic carbocycles. The van der Waals surface area contributed by atoms with Crippen molar-refractivity contribution in [1.29, 1.82) is 0 Å². The van der Waals surface area contributed by atoms with Gasteiger partial charge in [0.05, 0.1) is 7.11 Å². The van der Waals surface area contributed by atoms with E-state index in [1.54, 1.807) is 13.2 Å². The Bertz CT molecular complexity index is 736. The van der Waals surface area contributed by atoms with Gasteiger partial charge in [0.1, 0.15) is 17.0 Å². The van der Waals surface area contributed by atoms with Gasteiger partial charge in [-0.2, -0.15) is 0 Å². The minimum atomic E-state index is 0.221. The monoisotopic (exact) mass is 265 g/mol. The average Bonchev–Trinajstić information content (AvgIpc) is 2.49. The van der Waals surface area contributed by atoms with Crippen LogP contribution in [0.3, 0.4) is 0 Å². The van der Waals surface area contributed by atoms with E-state index in [9.17, 15) is 5.11 Å². The van der Waals surface area contributed by atoms with Crippen molar-refractivity contribution >= 4 is 10.9 Å². The molecular formula is C17H15NO2. The number of rotatable bonds is 3. The number of aromatic hydroxyl groups is 1. The number of methoxy groups -OCH3 is 1. The van der Waals surface area contributed by atoms with E-state index in [4.69, 9.17) is 4.74 Å². The summed E-state index contributed by atoms with van der Waals surface area (Å²) in [5, 5.41) is 10.8. The largest absolute Gasteiger partial charge is 0.506 e. The third-order valence-electron chi connectivity index (χ3n) is 3.30. The summed E-state index contributed by atoms with van der Waals surface area (Å²) in [6.07, 6.45) is 0.730. The molecule has 0 aliphatic heterocycles. The van der Waals surface area contributed by atoms with E-state index >= 15 is 0 Å². The Balaban J connectivity index is 1.92. The molecule has 1 heterocycles. The molecule has 1 aromatic heterocycles. The summed E-state index contributed by atoms with van der Waals surface area (Å²) in [4.78, 5) is 4.53. The topological polar surface area (TPSA) is 42.4 Å². The summed E-state index contributed by atoms with van der Waals surface area (Å²) in [6, 6.07) is 17.3. The number of phenols is 1. The summed E-state index contributed by atoms with van der Waals surface area (Å²) >= 11 is 0. The molecular weight excluding hydrogens is 250 g/mol. The smallest absolute Gasteiger partial charge is 0.141 e. The highest BCUT2D eigenvalue weighted by molar-refractivity contribution is 5.84. The van der Waals surface area contributed by atoms with E-state index < -0.39 is 0 Å². The molecule has 20 heavy (non-hydrogen) atoms. The van der Waals surface area contributed by atoms with Crippen molar-refractivity contribution in [3.8, 4) is 11.5 Å². The molecule has 0 atom stereocenters. The van der Waals surface area contributed by atoms with Crippen LogP contribution in [0.5, 0.6) is 11.5 Å². The fraction of sp³-hybridized carbons (Fsp3) is 0.118. The highest BCUT2D eigenvalue weighted by atomic mass is 16.5. The molecule has 100 valence electrons. The molecule has 0 amide bonds. The van der Waals surface area contributed by atoms with Gasteiger partial charge in [0, 0.05) is 17.5 Å². The van der Waals surface area contributed by atoms with Crippen molar-refractivity contribution in [1.82, 2.24) is 4.98 Å². The predicted octanol–water partition coefficient (Wildman–Crippen LogP) is 3.54. The number of phenolic OH excluding ortho intramolecular Hbond substituents is 1. The van der Waals surface area contributed by atoms with Crippen molar-refractivity contribution < 1.29 is 9.84 Å². The first-order valence-electron chi connectivity index (χ1n) is 6.47. The van der Waals surface area contributed by atoms with Gasteiger partial charge in [-0.05, 0) is 29.8 Å². The minimum Gasteiger partial charge on any atom is -0.506 e. The second-order valence-electron chi connectivity index (χ2n) is 4.68. The Morgan fingerprint density at radius 1 is 1.00 bits per heavy atom. The second-order valence-corrected chi connectivity index (χ2v) is 4.68. The van der Waals surface area contributed by atoms with Crippen LogP contribution < -0.4 is 4.74 Å². The van der Waals surface area contributed by atoms with Gasteiger partial charge in [-0.1, -0.05) is 30.3 Å². The Labute approximate surface area is 117 Å². The van der Waals surface area contributed by atoms with Crippen LogP contribution in [-0.4, -0.2) is 17.2 Å². The van der Waals surface area contributed by atoms with E-state index in [0.717, 1.165) is 28.8 Å². The van der Waals surface area contributed by atoms with Gasteiger partial charge in [-0.3, -0.25) is 0 Å². The first-order chi connectivity index (χ1) is 9.76. The number of aromatic nitrogens is 1. The van der Waals surface area contributed by atoms with Gasteiger partial charge >= 0.3 is 0 Å². The third kappa shape index (κ3) is 2.43. The highest BCUT2D eigenvalue weighted by Gasteiger charge is 2.04. The van der Waals surface area contributed by atoms with E-state index in [1.807, 2.05) is 48.5 Å². The Kier molecular flexibility index (Phi) is 3.25. The molecule has 0 aliphatic rings. The molecule has 1 N–H and O–H groups in total. The van der Waals surface area contributed by atoms with Gasteiger partial charge in [0.15, 0.2) is 0 Å². The van der Waals surface area contributed by atoms with E-state index in [-0.39, 0.29) is 5.75 Å². The number of hydrogen-bond acceptors (Lipinski definition) is 3. The second kappa shape index (κ2) is 5.21. The van der Waals surface area contributed by atoms with Crippen LogP contribution in [0.1, 0.15) is 11.3 Å². The number of hydrogen-bond donors (Lipinski definition) is 1. The van der Waals surface area contributed by atoms with Crippen LogP contribution >= 0.6 is 0 Å². The van der Waals surface area contributed by atoms with Crippen LogP contribution in [0.2, 0.25) is 0 Å². The lowest BCUT2D eigenvalue weighted by Gasteiger charge is -2.06. The third-order valence-corrected chi connectivity index (χ3v) is 3.30. The first kappa shape index (κ1) is 12.5. The molecule has 0 bridgehead atoms. The molecule has 0 fully saturated rings. The number of nitrogens with zero attached hydrogens (tertiary/aromatic N) is 1. The van der Waals surface area contributed by atoms with Gasteiger partial charge in [0.2, 0.25) is 0 Å². The molecule has 3 rings (SSSR count). The normalized spacial score (nSPS) is 10.7. The molecule has 0 spiro atoms. The molecule has 0 unspecified atom stereocenters. The summed E-state index contributed by atoms with van der Waals surface area (Å²) in [5.74, 6) is 1.07. The molecule has 0 radical (unpaired) electrons. The van der Waals surface area contributed by atoms with Crippen LogP contribution in [0, 0.1) is 0 Å². The van der Waals surface area contributed by atoms with E-state index in [0.29, 0.717) is 5.52 Å². The number of ether oxygens (including phenoxy) is 1. The Hall–Kier alpha value is -2.55. The van der Waals surface area contributed by atoms with Crippen LogP contribution in [0.25, 0.3) is 10.9 Å². The summed E-state index contributed by atoms with van der Waals surface area (Å²) < 4.78 is 5.14. The van der Waals surface area contributed by atoms with Crippen molar-refractivity contribution in [3.63, 3.8) is 0 Å². The van der Waals surface area contributed by atoms with Crippen molar-refractivity contribution in [2.24, 2.45) is 0 Å². The SMILES string of the molecule is COc1ccc(Cc2ccc3cccc(O)c3n2)cc1. The zero-order valence-electron chi connectivity index (χ0n) is 11.2. The van der Waals surface area contributed by atoms with Gasteiger partial charge in [0.25, 0.3) is 0 Å². The van der Waals surface area contributed by atoms with Crippen molar-refractivity contribution in [2.45, 2.75) is 6.42 Å². The number of benzene rings is 2. The lowest BCUT2D eigenvalue weighted by atomic mass is 10.1. The standard InChI is InChI=1S/C17H15NO2/c1-20-15-9-5-12(6-10-15)11-14-8-7-13-3-2-4-16(19)17(13)18-14/h2-10,19H,11H2,1H3. The van der Waals surface area contributed by atoms with E-state index in [2.05, 4.69) is 4.98 Å². The lowest BCUT2D eigenvalue weighted by molar-refractivity contribution is 0.414. The van der Waals surface area contributed by atoms with Crippen molar-refractivity contribution in [2.75, 3.05) is 7.11 Å². The lowest BCUT2D eigenvalue weighted by Crippen LogP contribution is -1.93. The van der Waals surface area contributed by atoms with Gasteiger partial charge < -0.3 is 9.84 Å². The molecule has 2 aromatic carbocycles. The van der Waals surface area contributed by atoms with Gasteiger partial charge in [-0.25, -0.2) is 4.98 Å². The maximum Gasteiger partial charge on any atom is 0.141 e. The molecule has 3 heteroatoms. The minimum absolute atomic E-state index is 0.221. The van der Waals surface area contributed by atoms with Crippen molar-refractivity contribution in [3.05, 3.63) is 65.9 Å².